The maximum absolute atomic E-state index is 13.5. The fourth-order valence-corrected chi connectivity index (χ4v) is 1.69. The van der Waals surface area contributed by atoms with Crippen LogP contribution in [-0.4, -0.2) is 27.2 Å². The molecular formula is C14H12FN3O3. The third-order valence-electron chi connectivity index (χ3n) is 2.73. The van der Waals surface area contributed by atoms with Crippen molar-refractivity contribution in [3.05, 3.63) is 53.1 Å². The van der Waals surface area contributed by atoms with Crippen LogP contribution in [0.25, 0.3) is 6.08 Å². The number of carboxylic acid groups (broad SMARTS) is 1. The van der Waals surface area contributed by atoms with Crippen LogP contribution in [0.2, 0.25) is 0 Å². The molecular weight excluding hydrogens is 277 g/mol. The number of carbonyl (C=O) groups excluding carboxylic acids is 1. The van der Waals surface area contributed by atoms with Gasteiger partial charge in [0.25, 0.3) is 5.91 Å². The highest BCUT2D eigenvalue weighted by atomic mass is 19.1. The van der Waals surface area contributed by atoms with E-state index in [0.717, 1.165) is 18.2 Å². The zero-order valence-corrected chi connectivity index (χ0v) is 11.1. The SMILES string of the molecule is Cc1[nH]ncc1C(=O)Nc1ccc(F)c(/C=C/C(=O)O)c1. The minimum Gasteiger partial charge on any atom is -0.478 e. The smallest absolute Gasteiger partial charge is 0.328 e. The van der Waals surface area contributed by atoms with Gasteiger partial charge in [0.2, 0.25) is 0 Å². The van der Waals surface area contributed by atoms with E-state index in [4.69, 9.17) is 5.11 Å². The van der Waals surface area contributed by atoms with Crippen molar-refractivity contribution in [3.63, 3.8) is 0 Å². The van der Waals surface area contributed by atoms with Crippen LogP contribution in [0.4, 0.5) is 10.1 Å². The Kier molecular flexibility index (Phi) is 4.13. The lowest BCUT2D eigenvalue weighted by Gasteiger charge is -2.06. The van der Waals surface area contributed by atoms with Crippen molar-refractivity contribution >= 4 is 23.6 Å². The van der Waals surface area contributed by atoms with Gasteiger partial charge in [0.05, 0.1) is 11.8 Å². The summed E-state index contributed by atoms with van der Waals surface area (Å²) in [5.41, 5.74) is 1.41. The molecule has 0 saturated carbocycles. The number of aromatic nitrogens is 2. The van der Waals surface area contributed by atoms with E-state index in [1.807, 2.05) is 0 Å². The van der Waals surface area contributed by atoms with Crippen LogP contribution in [0.5, 0.6) is 0 Å². The van der Waals surface area contributed by atoms with Gasteiger partial charge in [-0.25, -0.2) is 9.18 Å². The van der Waals surface area contributed by atoms with Crippen molar-refractivity contribution in [1.82, 2.24) is 10.2 Å². The number of amides is 1. The lowest BCUT2D eigenvalue weighted by Crippen LogP contribution is -2.12. The van der Waals surface area contributed by atoms with E-state index in [2.05, 4.69) is 15.5 Å². The van der Waals surface area contributed by atoms with E-state index in [1.165, 1.54) is 18.3 Å². The Morgan fingerprint density at radius 3 is 2.81 bits per heavy atom. The summed E-state index contributed by atoms with van der Waals surface area (Å²) >= 11 is 0. The van der Waals surface area contributed by atoms with Crippen LogP contribution in [-0.2, 0) is 4.79 Å². The summed E-state index contributed by atoms with van der Waals surface area (Å²) in [6.45, 7) is 1.70. The average Bonchev–Trinajstić information content (AvgIpc) is 2.85. The number of aliphatic carboxylic acids is 1. The first-order valence-electron chi connectivity index (χ1n) is 5.99. The molecule has 6 nitrogen and oxygen atoms in total. The van der Waals surface area contributed by atoms with E-state index in [1.54, 1.807) is 6.92 Å². The van der Waals surface area contributed by atoms with Crippen molar-refractivity contribution in [2.45, 2.75) is 6.92 Å². The Hall–Kier alpha value is -2.96. The second-order valence-electron chi connectivity index (χ2n) is 4.27. The largest absolute Gasteiger partial charge is 0.478 e. The first kappa shape index (κ1) is 14.4. The van der Waals surface area contributed by atoms with Crippen molar-refractivity contribution in [2.75, 3.05) is 5.32 Å². The third kappa shape index (κ3) is 3.53. The summed E-state index contributed by atoms with van der Waals surface area (Å²) in [5.74, 6) is -2.15. The molecule has 0 atom stereocenters. The molecule has 3 N–H and O–H groups in total. The number of hydrogen-bond acceptors (Lipinski definition) is 3. The van der Waals surface area contributed by atoms with E-state index in [-0.39, 0.29) is 11.5 Å². The fourth-order valence-electron chi connectivity index (χ4n) is 1.69. The Bertz CT molecular complexity index is 722. The van der Waals surface area contributed by atoms with E-state index >= 15 is 0 Å². The highest BCUT2D eigenvalue weighted by Gasteiger charge is 2.11. The molecule has 0 bridgehead atoms. The lowest BCUT2D eigenvalue weighted by atomic mass is 10.1. The molecule has 1 heterocycles. The molecule has 0 spiro atoms. The Labute approximate surface area is 119 Å². The van der Waals surface area contributed by atoms with Crippen LogP contribution in [0.15, 0.2) is 30.5 Å². The van der Waals surface area contributed by atoms with Crippen LogP contribution in [0.1, 0.15) is 21.6 Å². The van der Waals surface area contributed by atoms with Gasteiger partial charge in [-0.1, -0.05) is 0 Å². The molecule has 108 valence electrons. The number of nitrogens with zero attached hydrogens (tertiary/aromatic N) is 1. The molecule has 1 aromatic carbocycles. The molecule has 0 aliphatic carbocycles. The number of halogens is 1. The van der Waals surface area contributed by atoms with Gasteiger partial charge < -0.3 is 10.4 Å². The molecule has 0 fully saturated rings. The zero-order valence-electron chi connectivity index (χ0n) is 11.1. The molecule has 0 aliphatic rings. The Morgan fingerprint density at radius 1 is 1.43 bits per heavy atom. The highest BCUT2D eigenvalue weighted by molar-refractivity contribution is 6.05. The van der Waals surface area contributed by atoms with E-state index in [9.17, 15) is 14.0 Å². The summed E-state index contributed by atoms with van der Waals surface area (Å²) in [4.78, 5) is 22.4. The van der Waals surface area contributed by atoms with Gasteiger partial charge in [0.15, 0.2) is 0 Å². The normalized spacial score (nSPS) is 10.8. The minimum absolute atomic E-state index is 0.0686. The van der Waals surface area contributed by atoms with Crippen LogP contribution < -0.4 is 5.32 Å². The number of aromatic amines is 1. The standard InChI is InChI=1S/C14H12FN3O3/c1-8-11(7-16-18-8)14(21)17-10-3-4-12(15)9(6-10)2-5-13(19)20/h2-7H,1H3,(H,16,18)(H,17,21)(H,19,20)/b5-2+. The lowest BCUT2D eigenvalue weighted by molar-refractivity contribution is -0.131. The topological polar surface area (TPSA) is 95.1 Å². The molecule has 0 unspecified atom stereocenters. The third-order valence-corrected chi connectivity index (χ3v) is 2.73. The summed E-state index contributed by atoms with van der Waals surface area (Å²) in [6.07, 6.45) is 3.33. The molecule has 1 amide bonds. The second-order valence-corrected chi connectivity index (χ2v) is 4.27. The van der Waals surface area contributed by atoms with Crippen molar-refractivity contribution in [2.24, 2.45) is 0 Å². The predicted molar refractivity (Wildman–Crippen MR) is 74.3 cm³/mol. The average molecular weight is 289 g/mol. The van der Waals surface area contributed by atoms with Gasteiger partial charge in [0, 0.05) is 23.0 Å². The molecule has 7 heteroatoms. The van der Waals surface area contributed by atoms with Gasteiger partial charge in [0.1, 0.15) is 5.82 Å². The minimum atomic E-state index is -1.18. The first-order chi connectivity index (χ1) is 9.97. The maximum Gasteiger partial charge on any atom is 0.328 e. The number of carboxylic acids is 1. The van der Waals surface area contributed by atoms with Crippen LogP contribution in [0, 0.1) is 12.7 Å². The summed E-state index contributed by atoms with van der Waals surface area (Å²) < 4.78 is 13.5. The number of rotatable bonds is 4. The summed E-state index contributed by atoms with van der Waals surface area (Å²) in [6, 6.07) is 3.89. The summed E-state index contributed by atoms with van der Waals surface area (Å²) in [7, 11) is 0. The van der Waals surface area contributed by atoms with E-state index < -0.39 is 11.8 Å². The van der Waals surface area contributed by atoms with Crippen molar-refractivity contribution < 1.29 is 19.1 Å². The molecule has 21 heavy (non-hydrogen) atoms. The quantitative estimate of drug-likeness (QED) is 0.752. The number of aryl methyl sites for hydroxylation is 1. The van der Waals surface area contributed by atoms with Gasteiger partial charge in [-0.05, 0) is 31.2 Å². The monoisotopic (exact) mass is 289 g/mol. The Balaban J connectivity index is 2.21. The Morgan fingerprint density at radius 2 is 2.19 bits per heavy atom. The highest BCUT2D eigenvalue weighted by Crippen LogP contribution is 2.17. The molecule has 2 rings (SSSR count). The first-order valence-corrected chi connectivity index (χ1v) is 5.99. The second kappa shape index (κ2) is 6.00. The molecule has 0 saturated heterocycles. The van der Waals surface area contributed by atoms with Crippen LogP contribution in [0.3, 0.4) is 0 Å². The number of nitrogens with one attached hydrogen (secondary N) is 2. The van der Waals surface area contributed by atoms with Gasteiger partial charge in [-0.3, -0.25) is 9.89 Å². The maximum atomic E-state index is 13.5. The van der Waals surface area contributed by atoms with Gasteiger partial charge in [-0.15, -0.1) is 0 Å². The fraction of sp³-hybridized carbons (Fsp3) is 0.0714. The van der Waals surface area contributed by atoms with E-state index in [0.29, 0.717) is 16.9 Å². The summed E-state index contributed by atoms with van der Waals surface area (Å²) in [5, 5.41) is 17.5. The molecule has 0 aliphatic heterocycles. The number of hydrogen-bond donors (Lipinski definition) is 3. The number of anilines is 1. The number of H-pyrrole nitrogens is 1. The molecule has 2 aromatic rings. The predicted octanol–water partition coefficient (Wildman–Crippen LogP) is 2.21. The molecule has 1 aromatic heterocycles. The van der Waals surface area contributed by atoms with Gasteiger partial charge >= 0.3 is 5.97 Å². The van der Waals surface area contributed by atoms with Crippen molar-refractivity contribution in [3.8, 4) is 0 Å². The number of benzene rings is 1. The zero-order chi connectivity index (χ0) is 15.4. The van der Waals surface area contributed by atoms with Crippen LogP contribution >= 0.6 is 0 Å². The van der Waals surface area contributed by atoms with Crippen molar-refractivity contribution in [1.29, 1.82) is 0 Å². The molecule has 0 radical (unpaired) electrons. The number of carbonyl (C=O) groups is 2. The van der Waals surface area contributed by atoms with Gasteiger partial charge in [-0.2, -0.15) is 5.10 Å².